The second-order valence-corrected chi connectivity index (χ2v) is 12.8. The molecule has 0 aliphatic heterocycles. The first-order valence-corrected chi connectivity index (χ1v) is 16.8. The summed E-state index contributed by atoms with van der Waals surface area (Å²) in [4.78, 5) is 15.2. The monoisotopic (exact) mass is 655 g/mol. The highest BCUT2D eigenvalue weighted by Gasteiger charge is 2.18. The topological polar surface area (TPSA) is 78.1 Å². The Labute approximate surface area is 290 Å². The third-order valence-electron chi connectivity index (χ3n) is 9.74. The van der Waals surface area contributed by atoms with Gasteiger partial charge in [-0.2, -0.15) is 0 Å². The maximum Gasteiger partial charge on any atom is 0.164 e. The minimum absolute atomic E-state index is 0.552. The van der Waals surface area contributed by atoms with E-state index in [1.54, 1.807) is 0 Å². The number of hydrogen-bond acceptors (Lipinski definition) is 6. The van der Waals surface area contributed by atoms with E-state index in [1.165, 1.54) is 0 Å². The predicted molar refractivity (Wildman–Crippen MR) is 203 cm³/mol. The minimum Gasteiger partial charge on any atom is -0.456 e. The van der Waals surface area contributed by atoms with Crippen LogP contribution in [0.1, 0.15) is 0 Å². The van der Waals surface area contributed by atoms with Crippen LogP contribution in [0.4, 0.5) is 0 Å². The lowest BCUT2D eigenvalue weighted by molar-refractivity contribution is 0.668. The number of aromatic nitrogens is 3. The van der Waals surface area contributed by atoms with Crippen molar-refractivity contribution in [2.75, 3.05) is 0 Å². The molecule has 0 fully saturated rings. The van der Waals surface area contributed by atoms with E-state index in [0.29, 0.717) is 17.5 Å². The molecular formula is C45H25N3O3. The Morgan fingerprint density at radius 3 is 1.22 bits per heavy atom. The third-order valence-corrected chi connectivity index (χ3v) is 9.74. The van der Waals surface area contributed by atoms with Crippen LogP contribution in [-0.2, 0) is 0 Å². The molecule has 0 N–H and O–H groups in total. The molecule has 6 heteroatoms. The van der Waals surface area contributed by atoms with Gasteiger partial charge in [-0.05, 0) is 83.9 Å². The van der Waals surface area contributed by atoms with Gasteiger partial charge in [0.25, 0.3) is 0 Å². The molecule has 0 aliphatic carbocycles. The van der Waals surface area contributed by atoms with Gasteiger partial charge in [0.1, 0.15) is 33.5 Å². The Kier molecular flexibility index (Phi) is 5.86. The van der Waals surface area contributed by atoms with Gasteiger partial charge in [-0.3, -0.25) is 0 Å². The van der Waals surface area contributed by atoms with E-state index in [-0.39, 0.29) is 0 Å². The molecule has 0 spiro atoms. The first kappa shape index (κ1) is 27.9. The summed E-state index contributed by atoms with van der Waals surface area (Å²) in [5.74, 6) is 1.68. The second-order valence-electron chi connectivity index (χ2n) is 12.8. The summed E-state index contributed by atoms with van der Waals surface area (Å²) in [6, 6.07) is 51.2. The van der Waals surface area contributed by atoms with E-state index in [0.717, 1.165) is 93.6 Å². The maximum absolute atomic E-state index is 6.47. The molecule has 11 rings (SSSR count). The molecule has 0 bridgehead atoms. The average Bonchev–Trinajstić information content (AvgIpc) is 3.88. The molecule has 11 aromatic rings. The molecule has 238 valence electrons. The molecule has 7 aromatic carbocycles. The molecule has 0 aliphatic rings. The zero-order chi connectivity index (χ0) is 33.5. The summed E-state index contributed by atoms with van der Waals surface area (Å²) in [6.07, 6.45) is 0. The van der Waals surface area contributed by atoms with Crippen molar-refractivity contribution in [3.63, 3.8) is 0 Å². The van der Waals surface area contributed by atoms with E-state index in [1.807, 2.05) is 84.9 Å². The molecule has 0 atom stereocenters. The summed E-state index contributed by atoms with van der Waals surface area (Å²) in [7, 11) is 0. The van der Waals surface area contributed by atoms with Crippen LogP contribution in [0.25, 0.3) is 111 Å². The van der Waals surface area contributed by atoms with Crippen LogP contribution in [0.2, 0.25) is 0 Å². The first-order chi connectivity index (χ1) is 25.2. The van der Waals surface area contributed by atoms with Crippen molar-refractivity contribution in [3.05, 3.63) is 152 Å². The average molecular weight is 656 g/mol. The van der Waals surface area contributed by atoms with Gasteiger partial charge < -0.3 is 13.3 Å². The lowest BCUT2D eigenvalue weighted by atomic mass is 10.0. The number of benzene rings is 7. The van der Waals surface area contributed by atoms with Crippen molar-refractivity contribution >= 4 is 65.8 Å². The molecule has 4 heterocycles. The summed E-state index contributed by atoms with van der Waals surface area (Å²) < 4.78 is 18.7. The second kappa shape index (κ2) is 10.7. The minimum atomic E-state index is 0.552. The maximum atomic E-state index is 6.47. The molecule has 6 nitrogen and oxygen atoms in total. The van der Waals surface area contributed by atoms with Gasteiger partial charge in [-0.1, -0.05) is 78.9 Å². The van der Waals surface area contributed by atoms with Crippen molar-refractivity contribution in [2.45, 2.75) is 0 Å². The Morgan fingerprint density at radius 1 is 0.255 bits per heavy atom. The fourth-order valence-electron chi connectivity index (χ4n) is 7.22. The Hall–Kier alpha value is -7.05. The fraction of sp³-hybridized carbons (Fsp3) is 0. The largest absolute Gasteiger partial charge is 0.456 e. The molecule has 0 saturated carbocycles. The number of rotatable bonds is 4. The van der Waals surface area contributed by atoms with Crippen LogP contribution >= 0.6 is 0 Å². The van der Waals surface area contributed by atoms with Crippen molar-refractivity contribution in [2.24, 2.45) is 0 Å². The summed E-state index contributed by atoms with van der Waals surface area (Å²) in [6.45, 7) is 0. The number of nitrogens with zero attached hydrogens (tertiary/aromatic N) is 3. The van der Waals surface area contributed by atoms with Gasteiger partial charge in [0.05, 0.1) is 0 Å². The van der Waals surface area contributed by atoms with Crippen molar-refractivity contribution in [3.8, 4) is 45.3 Å². The normalized spacial score (nSPS) is 11.9. The smallest absolute Gasteiger partial charge is 0.164 e. The zero-order valence-electron chi connectivity index (χ0n) is 27.0. The van der Waals surface area contributed by atoms with Crippen LogP contribution in [0.3, 0.4) is 0 Å². The van der Waals surface area contributed by atoms with E-state index in [9.17, 15) is 0 Å². The van der Waals surface area contributed by atoms with Crippen molar-refractivity contribution < 1.29 is 13.3 Å². The zero-order valence-corrected chi connectivity index (χ0v) is 27.0. The standard InChI is InChI=1S/C45H25N3O3/c1-2-8-26(9-3-1)27-14-18-33-34-19-15-30(25-42(34)51-41(33)24-27)45-47-43(28-16-20-39-35(22-28)31-10-4-6-12-37(31)49-39)46-44(48-45)29-17-21-40-36(23-29)32-11-5-7-13-38(32)50-40/h1-25H. The Balaban J connectivity index is 1.09. The number of furan rings is 3. The van der Waals surface area contributed by atoms with Gasteiger partial charge in [-0.15, -0.1) is 0 Å². The highest BCUT2D eigenvalue weighted by Crippen LogP contribution is 2.37. The molecule has 0 unspecified atom stereocenters. The van der Waals surface area contributed by atoms with Gasteiger partial charge >= 0.3 is 0 Å². The number of fused-ring (bicyclic) bond motifs is 9. The Bertz CT molecular complexity index is 3020. The highest BCUT2D eigenvalue weighted by molar-refractivity contribution is 6.08. The summed E-state index contributed by atoms with van der Waals surface area (Å²) >= 11 is 0. The van der Waals surface area contributed by atoms with Crippen molar-refractivity contribution in [1.82, 2.24) is 15.0 Å². The third kappa shape index (κ3) is 4.47. The lowest BCUT2D eigenvalue weighted by Gasteiger charge is -2.09. The van der Waals surface area contributed by atoms with E-state index < -0.39 is 0 Å². The molecular weight excluding hydrogens is 631 g/mol. The van der Waals surface area contributed by atoms with Gasteiger partial charge in [0.2, 0.25) is 0 Å². The van der Waals surface area contributed by atoms with E-state index in [2.05, 4.69) is 66.7 Å². The molecule has 51 heavy (non-hydrogen) atoms. The van der Waals surface area contributed by atoms with E-state index >= 15 is 0 Å². The molecule has 0 amide bonds. The summed E-state index contributed by atoms with van der Waals surface area (Å²) in [5, 5.41) is 6.22. The number of para-hydroxylation sites is 2. The van der Waals surface area contributed by atoms with Crippen LogP contribution < -0.4 is 0 Å². The molecule has 0 saturated heterocycles. The quantitative estimate of drug-likeness (QED) is 0.188. The van der Waals surface area contributed by atoms with Gasteiger partial charge in [-0.25, -0.2) is 15.0 Å². The van der Waals surface area contributed by atoms with Crippen LogP contribution in [0.5, 0.6) is 0 Å². The van der Waals surface area contributed by atoms with Gasteiger partial charge in [0, 0.05) is 49.0 Å². The SMILES string of the molecule is c1ccc(-c2ccc3c(c2)oc2cc(-c4nc(-c5ccc6oc7ccccc7c6c5)nc(-c5ccc6oc7ccccc7c6c5)n4)ccc23)cc1. The number of hydrogen-bond donors (Lipinski definition) is 0. The first-order valence-electron chi connectivity index (χ1n) is 16.8. The molecule has 0 radical (unpaired) electrons. The van der Waals surface area contributed by atoms with Crippen LogP contribution in [0.15, 0.2) is 165 Å². The van der Waals surface area contributed by atoms with Crippen molar-refractivity contribution in [1.29, 1.82) is 0 Å². The highest BCUT2D eigenvalue weighted by atomic mass is 16.3. The Morgan fingerprint density at radius 2 is 0.647 bits per heavy atom. The molecule has 4 aromatic heterocycles. The lowest BCUT2D eigenvalue weighted by Crippen LogP contribution is -2.00. The fourth-order valence-corrected chi connectivity index (χ4v) is 7.22. The van der Waals surface area contributed by atoms with Gasteiger partial charge in [0.15, 0.2) is 17.5 Å². The van der Waals surface area contributed by atoms with Crippen LogP contribution in [-0.4, -0.2) is 15.0 Å². The van der Waals surface area contributed by atoms with Crippen LogP contribution in [0, 0.1) is 0 Å². The van der Waals surface area contributed by atoms with E-state index in [4.69, 9.17) is 28.2 Å². The predicted octanol–water partition coefficient (Wildman–Crippen LogP) is 12.2. The summed E-state index contributed by atoms with van der Waals surface area (Å²) in [5.41, 5.74) is 9.76.